The molecule has 6 N–H and O–H groups in total. The second-order valence-corrected chi connectivity index (χ2v) is 9.89. The van der Waals surface area contributed by atoms with Crippen molar-refractivity contribution in [1.29, 1.82) is 0 Å². The van der Waals surface area contributed by atoms with Gasteiger partial charge in [0.2, 0.25) is 0 Å². The fourth-order valence-corrected chi connectivity index (χ4v) is 4.10. The van der Waals surface area contributed by atoms with Gasteiger partial charge in [0, 0.05) is 12.5 Å². The molecule has 0 aromatic heterocycles. The van der Waals surface area contributed by atoms with Gasteiger partial charge in [-0.1, -0.05) is 66.8 Å². The first-order valence-electron chi connectivity index (χ1n) is 13.7. The van der Waals surface area contributed by atoms with Crippen molar-refractivity contribution in [2.45, 2.75) is 101 Å². The summed E-state index contributed by atoms with van der Waals surface area (Å²) in [5.41, 5.74) is 0. The molecule has 0 spiro atoms. The third-order valence-corrected chi connectivity index (χ3v) is 6.38. The summed E-state index contributed by atoms with van der Waals surface area (Å²) in [5.74, 6) is -0.458. The smallest absolute Gasteiger partial charge is 0.331 e. The first-order chi connectivity index (χ1) is 19.2. The van der Waals surface area contributed by atoms with Crippen molar-refractivity contribution in [1.82, 2.24) is 0 Å². The van der Waals surface area contributed by atoms with Crippen LogP contribution in [0.4, 0.5) is 0 Å². The topological polar surface area (TPSA) is 166 Å². The number of aliphatic hydroxyl groups excluding tert-OH is 6. The van der Waals surface area contributed by atoms with E-state index in [9.17, 15) is 35.4 Å². The molecule has 0 saturated carbocycles. The van der Waals surface area contributed by atoms with Gasteiger partial charge in [0.25, 0.3) is 0 Å². The van der Waals surface area contributed by atoms with E-state index in [1.165, 1.54) is 6.08 Å². The van der Waals surface area contributed by atoms with Crippen molar-refractivity contribution in [3.05, 3.63) is 72.9 Å². The molecule has 2 rings (SSSR count). The van der Waals surface area contributed by atoms with Gasteiger partial charge in [-0.2, -0.15) is 0 Å². The van der Waals surface area contributed by atoms with E-state index in [0.29, 0.717) is 19.3 Å². The molecule has 0 aromatic carbocycles. The number of carbonyl (C=O) groups excluding carboxylic acids is 1. The molecule has 0 amide bonds. The first kappa shape index (κ1) is 33.8. The van der Waals surface area contributed by atoms with Crippen molar-refractivity contribution in [2.24, 2.45) is 0 Å². The molecular weight excluding hydrogens is 520 g/mol. The Balaban J connectivity index is 2.12. The van der Waals surface area contributed by atoms with Crippen molar-refractivity contribution in [3.8, 4) is 0 Å². The van der Waals surface area contributed by atoms with E-state index in [1.807, 2.05) is 19.1 Å². The SMILES string of the molecule is C[C@@H]1CCC/C=C/C=C/[C@H](O)C[C@@H](O)C/C=C\C=C\[C@@H](O[C@@H]2O[C@@H](CO)[C@H](O)[C@@H](O)[C@@H]2O)C/C=C/C=CC(=O)O1. The van der Waals surface area contributed by atoms with Crippen molar-refractivity contribution in [3.63, 3.8) is 0 Å². The van der Waals surface area contributed by atoms with Crippen LogP contribution in [0.3, 0.4) is 0 Å². The highest BCUT2D eigenvalue weighted by Gasteiger charge is 2.44. The van der Waals surface area contributed by atoms with Crippen LogP contribution in [0, 0.1) is 0 Å². The van der Waals surface area contributed by atoms with Crippen LogP contribution < -0.4 is 0 Å². The predicted molar refractivity (Wildman–Crippen MR) is 149 cm³/mol. The zero-order valence-electron chi connectivity index (χ0n) is 22.9. The summed E-state index contributed by atoms with van der Waals surface area (Å²) in [6.07, 6.45) is 13.9. The molecule has 9 atom stereocenters. The van der Waals surface area contributed by atoms with Gasteiger partial charge in [0.05, 0.1) is 31.0 Å². The Hall–Kier alpha value is -2.41. The number of aliphatic hydroxyl groups is 6. The van der Waals surface area contributed by atoms with Crippen LogP contribution in [0.2, 0.25) is 0 Å². The molecule has 0 unspecified atom stereocenters. The molecule has 224 valence electrons. The minimum atomic E-state index is -1.57. The van der Waals surface area contributed by atoms with Gasteiger partial charge in [-0.3, -0.25) is 0 Å². The maximum Gasteiger partial charge on any atom is 0.331 e. The molecule has 40 heavy (non-hydrogen) atoms. The van der Waals surface area contributed by atoms with Crippen LogP contribution in [0.1, 0.15) is 45.4 Å². The molecule has 2 aliphatic heterocycles. The van der Waals surface area contributed by atoms with Gasteiger partial charge in [-0.05, 0) is 39.0 Å². The summed E-state index contributed by atoms with van der Waals surface area (Å²) in [4.78, 5) is 12.1. The zero-order chi connectivity index (χ0) is 29.3. The highest BCUT2D eigenvalue weighted by molar-refractivity contribution is 5.82. The quantitative estimate of drug-likeness (QED) is 0.277. The lowest BCUT2D eigenvalue weighted by molar-refractivity contribution is -0.307. The lowest BCUT2D eigenvalue weighted by Crippen LogP contribution is -2.59. The third-order valence-electron chi connectivity index (χ3n) is 6.38. The van der Waals surface area contributed by atoms with Crippen molar-refractivity contribution < 1.29 is 49.6 Å². The van der Waals surface area contributed by atoms with Crippen molar-refractivity contribution >= 4 is 5.97 Å². The number of esters is 1. The molecule has 1 fully saturated rings. The summed E-state index contributed by atoms with van der Waals surface area (Å²) in [6.45, 7) is 1.26. The van der Waals surface area contributed by atoms with E-state index in [-0.39, 0.29) is 12.5 Å². The summed E-state index contributed by atoms with van der Waals surface area (Å²) in [7, 11) is 0. The summed E-state index contributed by atoms with van der Waals surface area (Å²) >= 11 is 0. The Morgan fingerprint density at radius 3 is 2.35 bits per heavy atom. The van der Waals surface area contributed by atoms with E-state index in [1.54, 1.807) is 54.7 Å². The van der Waals surface area contributed by atoms with Gasteiger partial charge < -0.3 is 44.8 Å². The monoisotopic (exact) mass is 564 g/mol. The van der Waals surface area contributed by atoms with Crippen LogP contribution in [0.15, 0.2) is 72.9 Å². The molecule has 0 radical (unpaired) electrons. The van der Waals surface area contributed by atoms with Crippen LogP contribution in [0.5, 0.6) is 0 Å². The Morgan fingerprint density at radius 1 is 0.875 bits per heavy atom. The molecule has 1 saturated heterocycles. The first-order valence-corrected chi connectivity index (χ1v) is 13.7. The average Bonchev–Trinajstić information content (AvgIpc) is 2.91. The fourth-order valence-electron chi connectivity index (χ4n) is 4.10. The standard InChI is InChI=1S/C30H44O10/c1-21-13-7-3-2-4-8-14-22(32)19-23(33)15-9-5-10-16-24(17-11-6-12-18-26(34)38-21)39-30-29(37)28(36)27(35)25(20-31)40-30/h2,4-6,8-12,14,16,18,21-25,27-33,35-37H,3,7,13,15,17,19-20H2,1H3/b4-2+,9-5-,11-6+,14-8+,16-10+,18-12?/t21-,22+,23+,24-,25+,27+,28-,29+,30-/m1/s1. The fraction of sp³-hybridized carbons (Fsp3) is 0.567. The van der Waals surface area contributed by atoms with Gasteiger partial charge in [0.1, 0.15) is 24.4 Å². The number of rotatable bonds is 3. The summed E-state index contributed by atoms with van der Waals surface area (Å²) in [5, 5.41) is 60.2. The lowest BCUT2D eigenvalue weighted by atomic mass is 9.99. The highest BCUT2D eigenvalue weighted by atomic mass is 16.7. The van der Waals surface area contributed by atoms with Crippen molar-refractivity contribution in [2.75, 3.05) is 6.61 Å². The number of hydrogen-bond donors (Lipinski definition) is 6. The van der Waals surface area contributed by atoms with Crippen LogP contribution in [-0.4, -0.2) is 98.3 Å². The molecule has 10 nitrogen and oxygen atoms in total. The zero-order valence-corrected chi connectivity index (χ0v) is 22.9. The summed E-state index contributed by atoms with van der Waals surface area (Å²) < 4.78 is 16.7. The minimum absolute atomic E-state index is 0.183. The molecule has 10 heteroatoms. The maximum atomic E-state index is 12.1. The Bertz CT molecular complexity index is 906. The van der Waals surface area contributed by atoms with Gasteiger partial charge in [-0.15, -0.1) is 0 Å². The minimum Gasteiger partial charge on any atom is -0.460 e. The Kier molecular flexibility index (Phi) is 15.9. The second-order valence-electron chi connectivity index (χ2n) is 9.89. The van der Waals surface area contributed by atoms with E-state index in [2.05, 4.69) is 0 Å². The lowest BCUT2D eigenvalue weighted by Gasteiger charge is -2.40. The predicted octanol–water partition coefficient (Wildman–Crippen LogP) is 1.52. The molecule has 0 aromatic rings. The van der Waals surface area contributed by atoms with Crippen LogP contribution in [-0.2, 0) is 19.0 Å². The normalized spacial score (nSPS) is 39.8. The molecule has 0 aliphatic carbocycles. The number of carbonyl (C=O) groups is 1. The maximum absolute atomic E-state index is 12.1. The van der Waals surface area contributed by atoms with E-state index in [4.69, 9.17) is 14.2 Å². The van der Waals surface area contributed by atoms with Gasteiger partial charge in [-0.25, -0.2) is 4.79 Å². The Morgan fingerprint density at radius 2 is 1.57 bits per heavy atom. The Labute approximate surface area is 235 Å². The summed E-state index contributed by atoms with van der Waals surface area (Å²) in [6, 6.07) is 0. The highest BCUT2D eigenvalue weighted by Crippen LogP contribution is 2.24. The van der Waals surface area contributed by atoms with E-state index in [0.717, 1.165) is 12.8 Å². The van der Waals surface area contributed by atoms with Crippen LogP contribution in [0.25, 0.3) is 0 Å². The number of hydrogen-bond acceptors (Lipinski definition) is 10. The molecule has 2 heterocycles. The largest absolute Gasteiger partial charge is 0.460 e. The van der Waals surface area contributed by atoms with E-state index >= 15 is 0 Å². The molecule has 0 bridgehead atoms. The number of cyclic esters (lactones) is 1. The second kappa shape index (κ2) is 18.8. The van der Waals surface area contributed by atoms with E-state index < -0.39 is 61.6 Å². The third kappa shape index (κ3) is 12.8. The number of allylic oxidation sites excluding steroid dienone is 7. The number of ether oxygens (including phenoxy) is 3. The van der Waals surface area contributed by atoms with Gasteiger partial charge in [0.15, 0.2) is 6.29 Å². The van der Waals surface area contributed by atoms with Gasteiger partial charge >= 0.3 is 5.97 Å². The molecule has 2 aliphatic rings. The molecular formula is C30H44O10. The average molecular weight is 565 g/mol. The van der Waals surface area contributed by atoms with Crippen LogP contribution >= 0.6 is 0 Å².